The van der Waals surface area contributed by atoms with Gasteiger partial charge in [-0.2, -0.15) is 0 Å². The van der Waals surface area contributed by atoms with Crippen LogP contribution in [0.3, 0.4) is 0 Å². The molecule has 116 valence electrons. The van der Waals surface area contributed by atoms with Crippen molar-refractivity contribution in [2.75, 3.05) is 19.0 Å². The minimum atomic E-state index is -0.576. The molecule has 0 fully saturated rings. The first kappa shape index (κ1) is 16.8. The third-order valence-corrected chi connectivity index (χ3v) is 2.78. The fraction of sp³-hybridized carbons (Fsp3) is 0.467. The third-order valence-electron chi connectivity index (χ3n) is 2.78. The highest BCUT2D eigenvalue weighted by atomic mass is 16.6. The molecule has 0 radical (unpaired) electrons. The van der Waals surface area contributed by atoms with Crippen LogP contribution < -0.4 is 15.4 Å². The van der Waals surface area contributed by atoms with Gasteiger partial charge in [0.1, 0.15) is 5.75 Å². The highest BCUT2D eigenvalue weighted by Gasteiger charge is 2.06. The van der Waals surface area contributed by atoms with Crippen molar-refractivity contribution in [3.8, 4) is 5.75 Å². The maximum atomic E-state index is 11.6. The fourth-order valence-electron chi connectivity index (χ4n) is 1.69. The molecule has 0 aliphatic heterocycles. The van der Waals surface area contributed by atoms with Gasteiger partial charge in [-0.1, -0.05) is 32.3 Å². The van der Waals surface area contributed by atoms with Crippen LogP contribution in [0.25, 0.3) is 0 Å². The van der Waals surface area contributed by atoms with Gasteiger partial charge in [-0.15, -0.1) is 0 Å². The smallest absolute Gasteiger partial charge is 0.412 e. The molecule has 6 heteroatoms. The van der Waals surface area contributed by atoms with E-state index in [0.29, 0.717) is 18.0 Å². The van der Waals surface area contributed by atoms with E-state index >= 15 is 0 Å². The molecule has 0 aliphatic carbocycles. The highest BCUT2D eigenvalue weighted by Crippen LogP contribution is 2.17. The molecule has 2 amide bonds. The number of unbranched alkanes of at least 4 members (excludes halogenated alkanes) is 3. The van der Waals surface area contributed by atoms with E-state index in [1.54, 1.807) is 24.3 Å². The summed E-state index contributed by atoms with van der Waals surface area (Å²) in [6.45, 7) is 2.73. The molecule has 0 bridgehead atoms. The lowest BCUT2D eigenvalue weighted by atomic mass is 10.2. The van der Waals surface area contributed by atoms with Crippen LogP contribution in [0.5, 0.6) is 5.75 Å². The summed E-state index contributed by atoms with van der Waals surface area (Å²) >= 11 is 0. The Bertz CT molecular complexity index is 463. The number of carbonyl (C=O) groups is 2. The highest BCUT2D eigenvalue weighted by molar-refractivity contribution is 5.84. The summed E-state index contributed by atoms with van der Waals surface area (Å²) in [5, 5.41) is 5.19. The standard InChI is InChI=1S/C15H22N2O4/c1-3-4-5-6-10-16-14(18)21-13-9-7-8-12(11-13)17-15(19)20-2/h7-9,11H,3-6,10H2,1-2H3,(H,16,18)(H,17,19). The predicted molar refractivity (Wildman–Crippen MR) is 80.6 cm³/mol. The van der Waals surface area contributed by atoms with Gasteiger partial charge in [0, 0.05) is 18.3 Å². The molecule has 6 nitrogen and oxygen atoms in total. The zero-order valence-electron chi connectivity index (χ0n) is 12.5. The van der Waals surface area contributed by atoms with E-state index in [2.05, 4.69) is 22.3 Å². The van der Waals surface area contributed by atoms with Gasteiger partial charge in [0.2, 0.25) is 0 Å². The topological polar surface area (TPSA) is 76.7 Å². The molecule has 1 aromatic carbocycles. The fourth-order valence-corrected chi connectivity index (χ4v) is 1.69. The second kappa shape index (κ2) is 9.63. The Morgan fingerprint density at radius 3 is 2.67 bits per heavy atom. The summed E-state index contributed by atoms with van der Waals surface area (Å²) in [5.74, 6) is 0.356. The van der Waals surface area contributed by atoms with Crippen LogP contribution in [-0.2, 0) is 4.74 Å². The molecular formula is C15H22N2O4. The summed E-state index contributed by atoms with van der Waals surface area (Å²) < 4.78 is 9.62. The summed E-state index contributed by atoms with van der Waals surface area (Å²) in [7, 11) is 1.28. The molecule has 2 N–H and O–H groups in total. The zero-order valence-corrected chi connectivity index (χ0v) is 12.5. The summed E-state index contributed by atoms with van der Waals surface area (Å²) in [6.07, 6.45) is 3.28. The zero-order chi connectivity index (χ0) is 15.5. The molecule has 0 unspecified atom stereocenters. The van der Waals surface area contributed by atoms with Crippen LogP contribution in [0.1, 0.15) is 32.6 Å². The van der Waals surface area contributed by atoms with Crippen molar-refractivity contribution in [3.05, 3.63) is 24.3 Å². The summed E-state index contributed by atoms with van der Waals surface area (Å²) in [4.78, 5) is 22.7. The minimum absolute atomic E-state index is 0.356. The number of benzene rings is 1. The summed E-state index contributed by atoms with van der Waals surface area (Å²) in [6, 6.07) is 6.54. The van der Waals surface area contributed by atoms with Gasteiger partial charge in [-0.25, -0.2) is 9.59 Å². The Labute approximate surface area is 124 Å². The molecule has 0 saturated carbocycles. The average Bonchev–Trinajstić information content (AvgIpc) is 2.47. The number of carbonyl (C=O) groups excluding carboxylic acids is 2. The molecule has 0 aliphatic rings. The van der Waals surface area contributed by atoms with Crippen LogP contribution in [0, 0.1) is 0 Å². The second-order valence-electron chi connectivity index (χ2n) is 4.52. The Hall–Kier alpha value is -2.24. The summed E-state index contributed by atoms with van der Waals surface area (Å²) in [5.41, 5.74) is 0.495. The molecular weight excluding hydrogens is 272 g/mol. The Morgan fingerprint density at radius 1 is 1.14 bits per heavy atom. The Morgan fingerprint density at radius 2 is 1.95 bits per heavy atom. The predicted octanol–water partition coefficient (Wildman–Crippen LogP) is 3.53. The maximum Gasteiger partial charge on any atom is 0.412 e. The van der Waals surface area contributed by atoms with E-state index in [1.807, 2.05) is 0 Å². The van der Waals surface area contributed by atoms with Gasteiger partial charge in [0.15, 0.2) is 0 Å². The Kier molecular flexibility index (Phi) is 7.71. The number of anilines is 1. The molecule has 0 heterocycles. The van der Waals surface area contributed by atoms with Crippen molar-refractivity contribution < 1.29 is 19.1 Å². The monoisotopic (exact) mass is 294 g/mol. The lowest BCUT2D eigenvalue weighted by Gasteiger charge is -2.08. The molecule has 0 aromatic heterocycles. The molecule has 0 saturated heterocycles. The van der Waals surface area contributed by atoms with Crippen LogP contribution in [-0.4, -0.2) is 25.8 Å². The van der Waals surface area contributed by atoms with Crippen LogP contribution in [0.2, 0.25) is 0 Å². The average molecular weight is 294 g/mol. The number of hydrogen-bond donors (Lipinski definition) is 2. The third kappa shape index (κ3) is 7.20. The van der Waals surface area contributed by atoms with Crippen LogP contribution >= 0.6 is 0 Å². The molecule has 1 aromatic rings. The Balaban J connectivity index is 2.38. The number of hydrogen-bond acceptors (Lipinski definition) is 4. The van der Waals surface area contributed by atoms with E-state index < -0.39 is 12.2 Å². The first-order chi connectivity index (χ1) is 10.2. The van der Waals surface area contributed by atoms with Gasteiger partial charge in [0.05, 0.1) is 7.11 Å². The van der Waals surface area contributed by atoms with Crippen molar-refractivity contribution in [2.45, 2.75) is 32.6 Å². The number of amides is 2. The van der Waals surface area contributed by atoms with E-state index in [-0.39, 0.29) is 0 Å². The SMILES string of the molecule is CCCCCCNC(=O)Oc1cccc(NC(=O)OC)c1. The lowest BCUT2D eigenvalue weighted by molar-refractivity contribution is 0.187. The number of ether oxygens (including phenoxy) is 2. The second-order valence-corrected chi connectivity index (χ2v) is 4.52. The van der Waals surface area contributed by atoms with Gasteiger partial charge in [0.25, 0.3) is 0 Å². The number of rotatable bonds is 7. The molecule has 1 rings (SSSR count). The number of nitrogens with one attached hydrogen (secondary N) is 2. The van der Waals surface area contributed by atoms with Crippen molar-refractivity contribution in [1.82, 2.24) is 5.32 Å². The maximum absolute atomic E-state index is 11.6. The molecule has 0 atom stereocenters. The first-order valence-electron chi connectivity index (χ1n) is 7.06. The number of methoxy groups -OCH3 is 1. The van der Waals surface area contributed by atoms with Gasteiger partial charge >= 0.3 is 12.2 Å². The van der Waals surface area contributed by atoms with E-state index in [1.165, 1.54) is 7.11 Å². The quantitative estimate of drug-likeness (QED) is 0.754. The largest absolute Gasteiger partial charge is 0.453 e. The van der Waals surface area contributed by atoms with Gasteiger partial charge in [-0.05, 0) is 18.6 Å². The van der Waals surface area contributed by atoms with Gasteiger partial charge in [-0.3, -0.25) is 5.32 Å². The van der Waals surface area contributed by atoms with Crippen molar-refractivity contribution in [2.24, 2.45) is 0 Å². The molecule has 21 heavy (non-hydrogen) atoms. The lowest BCUT2D eigenvalue weighted by Crippen LogP contribution is -2.27. The van der Waals surface area contributed by atoms with E-state index in [4.69, 9.17) is 4.74 Å². The van der Waals surface area contributed by atoms with Crippen LogP contribution in [0.15, 0.2) is 24.3 Å². The van der Waals surface area contributed by atoms with Crippen LogP contribution in [0.4, 0.5) is 15.3 Å². The van der Waals surface area contributed by atoms with E-state index in [0.717, 1.165) is 25.7 Å². The molecule has 0 spiro atoms. The van der Waals surface area contributed by atoms with Crippen molar-refractivity contribution in [3.63, 3.8) is 0 Å². The van der Waals surface area contributed by atoms with E-state index in [9.17, 15) is 9.59 Å². The van der Waals surface area contributed by atoms with Crippen molar-refractivity contribution in [1.29, 1.82) is 0 Å². The van der Waals surface area contributed by atoms with Crippen molar-refractivity contribution >= 4 is 17.9 Å². The minimum Gasteiger partial charge on any atom is -0.453 e. The first-order valence-corrected chi connectivity index (χ1v) is 7.06. The normalized spacial score (nSPS) is 9.81. The van der Waals surface area contributed by atoms with Gasteiger partial charge < -0.3 is 14.8 Å².